The summed E-state index contributed by atoms with van der Waals surface area (Å²) >= 11 is 0. The number of nitrogens with zero attached hydrogens (tertiary/aromatic N) is 5. The predicted octanol–water partition coefficient (Wildman–Crippen LogP) is 3.42. The minimum Gasteiger partial charge on any atom is -0.479 e. The minimum absolute atomic E-state index is 0.0237. The minimum atomic E-state index is -0.509. The summed E-state index contributed by atoms with van der Waals surface area (Å²) in [5.74, 6) is 0.710. The van der Waals surface area contributed by atoms with Crippen LogP contribution in [0.25, 0.3) is 16.9 Å². The van der Waals surface area contributed by atoms with Crippen molar-refractivity contribution in [3.63, 3.8) is 0 Å². The number of fused-ring (bicyclic) bond motifs is 1. The highest BCUT2D eigenvalue weighted by atomic mass is 19.1. The van der Waals surface area contributed by atoms with Crippen LogP contribution in [0.5, 0.6) is 5.88 Å². The SMILES string of the molecule is COc1ncc(-n2nc(-c3cnn(C[C@H]4CCN[C@@H](C(C)C)C4)c3)c3c2CCOCC3)cc1F. The molecule has 0 bridgehead atoms. The van der Waals surface area contributed by atoms with Crippen molar-refractivity contribution in [1.29, 1.82) is 0 Å². The van der Waals surface area contributed by atoms with Gasteiger partial charge in [0.1, 0.15) is 0 Å². The average Bonchev–Trinajstić information content (AvgIpc) is 3.35. The fraction of sp³-hybridized carbons (Fsp3) is 0.560. The molecule has 0 radical (unpaired) electrons. The molecule has 0 unspecified atom stereocenters. The summed E-state index contributed by atoms with van der Waals surface area (Å²) in [5.41, 5.74) is 4.60. The molecule has 1 saturated heterocycles. The van der Waals surface area contributed by atoms with Gasteiger partial charge in [0.25, 0.3) is 0 Å². The lowest BCUT2D eigenvalue weighted by atomic mass is 9.87. The molecule has 5 rings (SSSR count). The van der Waals surface area contributed by atoms with Gasteiger partial charge < -0.3 is 14.8 Å². The van der Waals surface area contributed by atoms with Crippen LogP contribution in [0, 0.1) is 17.7 Å². The first-order chi connectivity index (χ1) is 16.5. The maximum Gasteiger partial charge on any atom is 0.250 e. The van der Waals surface area contributed by atoms with Crippen molar-refractivity contribution in [3.8, 4) is 22.8 Å². The third kappa shape index (κ3) is 4.59. The fourth-order valence-electron chi connectivity index (χ4n) is 5.13. The monoisotopic (exact) mass is 468 g/mol. The second-order valence-corrected chi connectivity index (χ2v) is 9.63. The number of hydrogen-bond donors (Lipinski definition) is 1. The van der Waals surface area contributed by atoms with Gasteiger partial charge in [0.15, 0.2) is 5.82 Å². The van der Waals surface area contributed by atoms with E-state index < -0.39 is 5.82 Å². The van der Waals surface area contributed by atoms with E-state index >= 15 is 0 Å². The molecular formula is C25H33FN6O2. The summed E-state index contributed by atoms with van der Waals surface area (Å²) in [4.78, 5) is 4.10. The Labute approximate surface area is 199 Å². The Bertz CT molecular complexity index is 1140. The topological polar surface area (TPSA) is 79.0 Å². The zero-order valence-corrected chi connectivity index (χ0v) is 20.1. The molecule has 3 aromatic heterocycles. The summed E-state index contributed by atoms with van der Waals surface area (Å²) in [6.45, 7) is 7.78. The van der Waals surface area contributed by atoms with E-state index in [0.29, 0.717) is 43.2 Å². The molecule has 0 aliphatic carbocycles. The van der Waals surface area contributed by atoms with Crippen LogP contribution >= 0.6 is 0 Å². The number of pyridine rings is 1. The molecule has 0 amide bonds. The van der Waals surface area contributed by atoms with Crippen LogP contribution in [0.4, 0.5) is 4.39 Å². The second-order valence-electron chi connectivity index (χ2n) is 9.63. The Morgan fingerprint density at radius 1 is 1.26 bits per heavy atom. The van der Waals surface area contributed by atoms with E-state index in [1.54, 1.807) is 10.9 Å². The highest BCUT2D eigenvalue weighted by Gasteiger charge is 2.26. The maximum atomic E-state index is 14.4. The highest BCUT2D eigenvalue weighted by Crippen LogP contribution is 2.31. The molecule has 2 aliphatic rings. The van der Waals surface area contributed by atoms with Gasteiger partial charge in [-0.1, -0.05) is 13.8 Å². The van der Waals surface area contributed by atoms with Gasteiger partial charge in [-0.15, -0.1) is 0 Å². The van der Waals surface area contributed by atoms with Crippen molar-refractivity contribution in [2.75, 3.05) is 26.9 Å². The molecule has 0 saturated carbocycles. The Morgan fingerprint density at radius 2 is 2.12 bits per heavy atom. The zero-order chi connectivity index (χ0) is 23.7. The van der Waals surface area contributed by atoms with E-state index in [2.05, 4.69) is 40.1 Å². The maximum absolute atomic E-state index is 14.4. The summed E-state index contributed by atoms with van der Waals surface area (Å²) in [6.07, 6.45) is 9.38. The van der Waals surface area contributed by atoms with Crippen LogP contribution in [0.1, 0.15) is 37.9 Å². The number of methoxy groups -OCH3 is 1. The van der Waals surface area contributed by atoms with E-state index in [0.717, 1.165) is 48.4 Å². The van der Waals surface area contributed by atoms with Gasteiger partial charge in [0.2, 0.25) is 5.88 Å². The van der Waals surface area contributed by atoms with Crippen molar-refractivity contribution < 1.29 is 13.9 Å². The molecule has 9 heteroatoms. The lowest BCUT2D eigenvalue weighted by Gasteiger charge is -2.32. The molecule has 2 atom stereocenters. The van der Waals surface area contributed by atoms with Crippen LogP contribution in [0.3, 0.4) is 0 Å². The standard InChI is InChI=1S/C25H33FN6O2/c1-16(2)22-10-17(4-7-27-22)14-31-15-18(12-29-31)24-20-5-8-34-9-6-23(20)32(30-24)19-11-21(26)25(33-3)28-13-19/h11-13,15-17,22,27H,4-10,14H2,1-3H3/t17-,22+/m0/s1. The van der Waals surface area contributed by atoms with Crippen molar-refractivity contribution in [1.82, 2.24) is 29.9 Å². The molecule has 2 aliphatic heterocycles. The van der Waals surface area contributed by atoms with Gasteiger partial charge in [-0.3, -0.25) is 4.68 Å². The van der Waals surface area contributed by atoms with E-state index in [1.165, 1.54) is 19.6 Å². The lowest BCUT2D eigenvalue weighted by molar-refractivity contribution is 0.145. The highest BCUT2D eigenvalue weighted by molar-refractivity contribution is 5.64. The molecule has 8 nitrogen and oxygen atoms in total. The first-order valence-electron chi connectivity index (χ1n) is 12.2. The van der Waals surface area contributed by atoms with Crippen LogP contribution in [0.15, 0.2) is 24.7 Å². The Morgan fingerprint density at radius 3 is 2.91 bits per heavy atom. The Kier molecular flexibility index (Phi) is 6.65. The molecule has 1 N–H and O–H groups in total. The summed E-state index contributed by atoms with van der Waals surface area (Å²) in [6, 6.07) is 1.99. The van der Waals surface area contributed by atoms with Crippen molar-refractivity contribution in [2.45, 2.75) is 52.1 Å². The molecule has 0 aromatic carbocycles. The van der Waals surface area contributed by atoms with Crippen LogP contribution in [0.2, 0.25) is 0 Å². The van der Waals surface area contributed by atoms with Gasteiger partial charge in [-0.2, -0.15) is 10.2 Å². The summed E-state index contributed by atoms with van der Waals surface area (Å²) < 4.78 is 29.0. The second kappa shape index (κ2) is 9.84. The van der Waals surface area contributed by atoms with Crippen LogP contribution < -0.4 is 10.1 Å². The molecular weight excluding hydrogens is 435 g/mol. The molecule has 34 heavy (non-hydrogen) atoms. The number of aromatic nitrogens is 5. The largest absolute Gasteiger partial charge is 0.479 e. The van der Waals surface area contributed by atoms with Gasteiger partial charge in [-0.25, -0.2) is 14.1 Å². The number of hydrogen-bond acceptors (Lipinski definition) is 6. The van der Waals surface area contributed by atoms with Gasteiger partial charge in [0.05, 0.1) is 49.8 Å². The summed E-state index contributed by atoms with van der Waals surface area (Å²) in [5, 5.41) is 13.2. The lowest BCUT2D eigenvalue weighted by Crippen LogP contribution is -2.42. The van der Waals surface area contributed by atoms with Crippen molar-refractivity contribution >= 4 is 0 Å². The van der Waals surface area contributed by atoms with Gasteiger partial charge in [-0.05, 0) is 37.6 Å². The smallest absolute Gasteiger partial charge is 0.250 e. The first kappa shape index (κ1) is 23.0. The van der Waals surface area contributed by atoms with Crippen molar-refractivity contribution in [3.05, 3.63) is 41.7 Å². The zero-order valence-electron chi connectivity index (χ0n) is 20.1. The molecule has 0 spiro atoms. The Hall–Kier alpha value is -2.78. The number of halogens is 1. The van der Waals surface area contributed by atoms with Crippen molar-refractivity contribution in [2.24, 2.45) is 11.8 Å². The van der Waals surface area contributed by atoms with E-state index in [9.17, 15) is 4.39 Å². The van der Waals surface area contributed by atoms with E-state index in [4.69, 9.17) is 14.6 Å². The number of piperidine rings is 1. The third-order valence-electron chi connectivity index (χ3n) is 7.00. The normalized spacial score (nSPS) is 20.9. The number of nitrogens with one attached hydrogen (secondary N) is 1. The molecule has 1 fully saturated rings. The molecule has 5 heterocycles. The average molecular weight is 469 g/mol. The Balaban J connectivity index is 1.44. The van der Waals surface area contributed by atoms with Crippen LogP contribution in [-0.2, 0) is 24.1 Å². The molecule has 182 valence electrons. The first-order valence-corrected chi connectivity index (χ1v) is 12.2. The predicted molar refractivity (Wildman–Crippen MR) is 127 cm³/mol. The van der Waals surface area contributed by atoms with E-state index in [-0.39, 0.29) is 5.88 Å². The third-order valence-corrected chi connectivity index (χ3v) is 7.00. The van der Waals surface area contributed by atoms with Gasteiger partial charge in [0, 0.05) is 42.4 Å². The quantitative estimate of drug-likeness (QED) is 0.597. The number of rotatable bonds is 6. The number of ether oxygens (including phenoxy) is 2. The molecule has 3 aromatic rings. The summed E-state index contributed by atoms with van der Waals surface area (Å²) in [7, 11) is 1.41. The fourth-order valence-corrected chi connectivity index (χ4v) is 5.13. The van der Waals surface area contributed by atoms with Gasteiger partial charge >= 0.3 is 0 Å². The van der Waals surface area contributed by atoms with E-state index in [1.807, 2.05) is 6.20 Å². The van der Waals surface area contributed by atoms with Crippen LogP contribution in [-0.4, -0.2) is 57.5 Å².